The fourth-order valence-corrected chi connectivity index (χ4v) is 8.45. The summed E-state index contributed by atoms with van der Waals surface area (Å²) in [7, 11) is 1.33. The van der Waals surface area contributed by atoms with Gasteiger partial charge in [0.15, 0.2) is 5.78 Å². The Morgan fingerprint density at radius 3 is 2.45 bits per heavy atom. The van der Waals surface area contributed by atoms with Gasteiger partial charge in [0.2, 0.25) is 0 Å². The molecule has 7 nitrogen and oxygen atoms in total. The molecular formula is C29H41F4N3O4. The first kappa shape index (κ1) is 30.5. The van der Waals surface area contributed by atoms with Gasteiger partial charge in [0, 0.05) is 39.0 Å². The van der Waals surface area contributed by atoms with Crippen molar-refractivity contribution in [1.29, 1.82) is 0 Å². The Kier molecular flexibility index (Phi) is 8.72. The lowest BCUT2D eigenvalue weighted by Gasteiger charge is -2.58. The molecule has 0 saturated heterocycles. The zero-order valence-corrected chi connectivity index (χ0v) is 23.9. The maximum Gasteiger partial charge on any atom is 0.471 e. The lowest BCUT2D eigenvalue weighted by atomic mass is 9.46. The lowest BCUT2D eigenvalue weighted by molar-refractivity contribution is -0.185. The molecule has 4 aliphatic carbocycles. The minimum absolute atomic E-state index is 0.0277. The number of likely N-dealkylation sites (N-methyl/N-ethyl adjacent to an activating group) is 1. The predicted octanol–water partition coefficient (Wildman–Crippen LogP) is 5.94. The van der Waals surface area contributed by atoms with E-state index in [1.807, 2.05) is 13.0 Å². The molecule has 0 unspecified atom stereocenters. The number of fused-ring (bicyclic) bond motifs is 5. The maximum atomic E-state index is 12.8. The van der Waals surface area contributed by atoms with Gasteiger partial charge in [-0.2, -0.15) is 13.2 Å². The zero-order valence-electron chi connectivity index (χ0n) is 23.9. The maximum absolute atomic E-state index is 12.8. The highest BCUT2D eigenvalue weighted by Gasteiger charge is 2.59. The Labute approximate surface area is 233 Å². The highest BCUT2D eigenvalue weighted by atomic mass is 19.4. The number of oxime groups is 1. The van der Waals surface area contributed by atoms with Crippen molar-refractivity contribution >= 4 is 23.5 Å². The number of hydrogen-bond acceptors (Lipinski definition) is 5. The Balaban J connectivity index is 1.37. The summed E-state index contributed by atoms with van der Waals surface area (Å²) in [4.78, 5) is 42.6. The average Bonchev–Trinajstić information content (AvgIpc) is 3.26. The summed E-state index contributed by atoms with van der Waals surface area (Å²) in [6.07, 6.45) is 3.75. The zero-order chi connectivity index (χ0) is 29.5. The van der Waals surface area contributed by atoms with Crippen LogP contribution in [0.4, 0.5) is 22.4 Å². The second kappa shape index (κ2) is 11.4. The molecule has 4 aliphatic rings. The third-order valence-corrected chi connectivity index (χ3v) is 10.6. The number of hydrogen-bond donors (Lipinski definition) is 0. The van der Waals surface area contributed by atoms with Crippen molar-refractivity contribution < 1.29 is 36.8 Å². The first-order valence-corrected chi connectivity index (χ1v) is 14.3. The molecule has 3 saturated carbocycles. The molecule has 0 aromatic heterocycles. The van der Waals surface area contributed by atoms with Gasteiger partial charge in [-0.05, 0) is 86.5 Å². The number of alkyl halides is 4. The highest BCUT2D eigenvalue weighted by molar-refractivity contribution is 5.91. The minimum Gasteiger partial charge on any atom is -0.330 e. The summed E-state index contributed by atoms with van der Waals surface area (Å²) >= 11 is 0. The van der Waals surface area contributed by atoms with Gasteiger partial charge in [0.25, 0.3) is 0 Å². The van der Waals surface area contributed by atoms with E-state index in [0.717, 1.165) is 55.6 Å². The number of allylic oxidation sites excluding steroid dienone is 1. The molecule has 6 atom stereocenters. The van der Waals surface area contributed by atoms with Crippen LogP contribution in [0.15, 0.2) is 16.8 Å². The SMILES string of the molecule is C/C(=N\OC(=O)N(C)CCN(CCF)C(=O)C(F)(F)F)[C@H]1CC[C@H]2[C@@H]3CCC4=CC(=O)CC[C@]4(C)[C@H]3CC[C@]12C. The van der Waals surface area contributed by atoms with Crippen LogP contribution in [0.1, 0.15) is 72.1 Å². The van der Waals surface area contributed by atoms with Gasteiger partial charge in [-0.3, -0.25) is 14.4 Å². The summed E-state index contributed by atoms with van der Waals surface area (Å²) in [5, 5.41) is 4.15. The summed E-state index contributed by atoms with van der Waals surface area (Å²) in [6.45, 7) is 3.96. The molecule has 0 aliphatic heterocycles. The number of carbonyl (C=O) groups excluding carboxylic acids is 3. The molecule has 3 fully saturated rings. The standard InChI is InChI=1S/C29H41F4N3O4/c1-18(34-40-26(39)35(4)15-16-36(14-13-30)25(38)29(31,32)33)22-7-8-23-21-6-5-19-17-20(37)9-11-27(19,2)24(21)10-12-28(22,23)3/h17,21-24H,5-16H2,1-4H3/b34-18+/t21-,22+,23-,24-,27-,28+/m0/s1. The number of nitrogens with zero attached hydrogens (tertiary/aromatic N) is 3. The van der Waals surface area contributed by atoms with Gasteiger partial charge < -0.3 is 9.80 Å². The number of amides is 2. The van der Waals surface area contributed by atoms with E-state index in [1.54, 1.807) is 0 Å². The van der Waals surface area contributed by atoms with Crippen molar-refractivity contribution in [2.75, 3.05) is 33.4 Å². The van der Waals surface area contributed by atoms with E-state index in [-0.39, 0.29) is 29.1 Å². The van der Waals surface area contributed by atoms with Gasteiger partial charge in [-0.1, -0.05) is 24.6 Å². The molecule has 224 valence electrons. The molecule has 0 spiro atoms. The molecule has 40 heavy (non-hydrogen) atoms. The van der Waals surface area contributed by atoms with Crippen molar-refractivity contribution in [1.82, 2.24) is 9.80 Å². The van der Waals surface area contributed by atoms with Crippen LogP contribution in [-0.2, 0) is 14.4 Å². The van der Waals surface area contributed by atoms with Crippen molar-refractivity contribution in [3.05, 3.63) is 11.6 Å². The van der Waals surface area contributed by atoms with Gasteiger partial charge in [-0.15, -0.1) is 0 Å². The fourth-order valence-electron chi connectivity index (χ4n) is 8.45. The molecular weight excluding hydrogens is 530 g/mol. The summed E-state index contributed by atoms with van der Waals surface area (Å²) < 4.78 is 51.0. The van der Waals surface area contributed by atoms with E-state index in [0.29, 0.717) is 29.1 Å². The van der Waals surface area contributed by atoms with Crippen LogP contribution in [0.5, 0.6) is 0 Å². The molecule has 0 bridgehead atoms. The van der Waals surface area contributed by atoms with E-state index in [1.165, 1.54) is 12.6 Å². The van der Waals surface area contributed by atoms with Gasteiger partial charge >= 0.3 is 18.2 Å². The molecule has 0 heterocycles. The number of ketones is 1. The largest absolute Gasteiger partial charge is 0.471 e. The summed E-state index contributed by atoms with van der Waals surface area (Å²) in [6, 6.07) is 0. The van der Waals surface area contributed by atoms with Gasteiger partial charge in [-0.25, -0.2) is 9.18 Å². The number of halogens is 4. The molecule has 0 N–H and O–H groups in total. The normalized spacial score (nSPS) is 33.9. The fraction of sp³-hybridized carbons (Fsp3) is 0.793. The summed E-state index contributed by atoms with van der Waals surface area (Å²) in [5.74, 6) is -0.0427. The molecule has 2 amide bonds. The Morgan fingerprint density at radius 2 is 1.77 bits per heavy atom. The van der Waals surface area contributed by atoms with Crippen LogP contribution >= 0.6 is 0 Å². The molecule has 4 rings (SSSR count). The van der Waals surface area contributed by atoms with Gasteiger partial charge in [0.1, 0.15) is 6.67 Å². The second-order valence-corrected chi connectivity index (χ2v) is 12.6. The van der Waals surface area contributed by atoms with Crippen molar-refractivity contribution in [2.45, 2.75) is 78.3 Å². The predicted molar refractivity (Wildman–Crippen MR) is 141 cm³/mol. The van der Waals surface area contributed by atoms with Crippen molar-refractivity contribution in [2.24, 2.45) is 39.7 Å². The first-order chi connectivity index (χ1) is 18.7. The quantitative estimate of drug-likeness (QED) is 0.164. The average molecular weight is 572 g/mol. The van der Waals surface area contributed by atoms with Crippen molar-refractivity contribution in [3.8, 4) is 0 Å². The Bertz CT molecular complexity index is 1080. The number of rotatable bonds is 7. The monoisotopic (exact) mass is 571 g/mol. The van der Waals surface area contributed by atoms with E-state index in [4.69, 9.17) is 4.84 Å². The van der Waals surface area contributed by atoms with Gasteiger partial charge in [0.05, 0.1) is 5.71 Å². The Morgan fingerprint density at radius 1 is 1.05 bits per heavy atom. The smallest absolute Gasteiger partial charge is 0.330 e. The minimum atomic E-state index is -5.12. The van der Waals surface area contributed by atoms with Crippen LogP contribution in [0.25, 0.3) is 0 Å². The third kappa shape index (κ3) is 5.66. The molecule has 0 radical (unpaired) electrons. The molecule has 0 aromatic rings. The van der Waals surface area contributed by atoms with E-state index < -0.39 is 37.9 Å². The van der Waals surface area contributed by atoms with Crippen LogP contribution in [-0.4, -0.2) is 72.8 Å². The van der Waals surface area contributed by atoms with E-state index in [2.05, 4.69) is 19.0 Å². The van der Waals surface area contributed by atoms with Crippen LogP contribution < -0.4 is 0 Å². The molecule has 0 aromatic carbocycles. The van der Waals surface area contributed by atoms with Crippen LogP contribution in [0.3, 0.4) is 0 Å². The Hall–Kier alpha value is -2.46. The van der Waals surface area contributed by atoms with E-state index in [9.17, 15) is 31.9 Å². The summed E-state index contributed by atoms with van der Waals surface area (Å²) in [5.41, 5.74) is 2.19. The second-order valence-electron chi connectivity index (χ2n) is 12.6. The van der Waals surface area contributed by atoms with E-state index >= 15 is 0 Å². The van der Waals surface area contributed by atoms with Crippen LogP contribution in [0, 0.1) is 34.5 Å². The molecule has 11 heteroatoms. The first-order valence-electron chi connectivity index (χ1n) is 14.3. The number of carbonyl (C=O) groups is 3. The topological polar surface area (TPSA) is 79.3 Å². The third-order valence-electron chi connectivity index (χ3n) is 10.6. The van der Waals surface area contributed by atoms with Crippen molar-refractivity contribution in [3.63, 3.8) is 0 Å². The highest BCUT2D eigenvalue weighted by Crippen LogP contribution is 2.66. The van der Waals surface area contributed by atoms with Crippen LogP contribution in [0.2, 0.25) is 0 Å². The lowest BCUT2D eigenvalue weighted by Crippen LogP contribution is -2.51.